The number of aliphatic imine (C=N–C) groups is 1. The van der Waals surface area contributed by atoms with Crippen LogP contribution in [0.1, 0.15) is 38.7 Å². The van der Waals surface area contributed by atoms with E-state index < -0.39 is 10.0 Å². The zero-order valence-electron chi connectivity index (χ0n) is 16.9. The second-order valence-corrected chi connectivity index (χ2v) is 9.32. The highest BCUT2D eigenvalue weighted by Crippen LogP contribution is 2.49. The number of sulfonamides is 1. The first-order chi connectivity index (χ1) is 12.8. The SMILES string of the molecule is CCNC(=NCC1(c2ccccc2F)CC1)NCCCN(C)S(=O)(=O)CC.I. The van der Waals surface area contributed by atoms with Crippen LogP contribution in [0.4, 0.5) is 4.39 Å². The van der Waals surface area contributed by atoms with Crippen molar-refractivity contribution in [3.05, 3.63) is 35.6 Å². The summed E-state index contributed by atoms with van der Waals surface area (Å²) in [6, 6.07) is 6.93. The summed E-state index contributed by atoms with van der Waals surface area (Å²) < 4.78 is 39.0. The van der Waals surface area contributed by atoms with Crippen LogP contribution in [0.3, 0.4) is 0 Å². The van der Waals surface area contributed by atoms with Crippen LogP contribution in [-0.2, 0) is 15.4 Å². The fourth-order valence-electron chi connectivity index (χ4n) is 2.99. The average molecular weight is 526 g/mol. The summed E-state index contributed by atoms with van der Waals surface area (Å²) in [5.74, 6) is 0.628. The summed E-state index contributed by atoms with van der Waals surface area (Å²) >= 11 is 0. The summed E-state index contributed by atoms with van der Waals surface area (Å²) in [4.78, 5) is 4.64. The third-order valence-electron chi connectivity index (χ3n) is 4.96. The van der Waals surface area contributed by atoms with E-state index in [2.05, 4.69) is 15.6 Å². The Hall–Kier alpha value is -0.940. The van der Waals surface area contributed by atoms with Crippen LogP contribution in [-0.4, -0.2) is 57.7 Å². The van der Waals surface area contributed by atoms with Gasteiger partial charge < -0.3 is 10.6 Å². The van der Waals surface area contributed by atoms with Gasteiger partial charge in [0.25, 0.3) is 0 Å². The Morgan fingerprint density at radius 1 is 1.25 bits per heavy atom. The molecule has 2 N–H and O–H groups in total. The zero-order valence-corrected chi connectivity index (χ0v) is 20.0. The summed E-state index contributed by atoms with van der Waals surface area (Å²) in [6.07, 6.45) is 2.56. The number of guanidine groups is 1. The molecule has 1 fully saturated rings. The lowest BCUT2D eigenvalue weighted by Gasteiger charge is -2.18. The lowest BCUT2D eigenvalue weighted by atomic mass is 9.95. The maximum absolute atomic E-state index is 14.1. The van der Waals surface area contributed by atoms with Gasteiger partial charge in [-0.05, 0) is 44.7 Å². The number of hydrogen-bond donors (Lipinski definition) is 2. The van der Waals surface area contributed by atoms with Crippen LogP contribution < -0.4 is 10.6 Å². The Kier molecular flexibility index (Phi) is 10.1. The molecule has 6 nitrogen and oxygen atoms in total. The predicted molar refractivity (Wildman–Crippen MR) is 123 cm³/mol. The Labute approximate surface area is 185 Å². The Morgan fingerprint density at radius 3 is 2.50 bits per heavy atom. The maximum atomic E-state index is 14.1. The minimum Gasteiger partial charge on any atom is -0.357 e. The summed E-state index contributed by atoms with van der Waals surface area (Å²) in [5, 5.41) is 6.43. The molecule has 0 bridgehead atoms. The van der Waals surface area contributed by atoms with E-state index in [1.165, 1.54) is 10.4 Å². The average Bonchev–Trinajstić information content (AvgIpc) is 3.44. The smallest absolute Gasteiger partial charge is 0.213 e. The van der Waals surface area contributed by atoms with Gasteiger partial charge in [-0.3, -0.25) is 4.99 Å². The van der Waals surface area contributed by atoms with Gasteiger partial charge in [-0.2, -0.15) is 0 Å². The van der Waals surface area contributed by atoms with Crippen molar-refractivity contribution in [1.82, 2.24) is 14.9 Å². The molecule has 1 aliphatic rings. The summed E-state index contributed by atoms with van der Waals surface area (Å²) in [7, 11) is -1.54. The minimum absolute atomic E-state index is 0. The minimum atomic E-state index is -3.14. The number of hydrogen-bond acceptors (Lipinski definition) is 3. The number of nitrogens with zero attached hydrogens (tertiary/aromatic N) is 2. The van der Waals surface area contributed by atoms with Crippen molar-refractivity contribution in [3.8, 4) is 0 Å². The summed E-state index contributed by atoms with van der Waals surface area (Å²) in [6.45, 7) is 5.96. The highest BCUT2D eigenvalue weighted by atomic mass is 127. The number of nitrogens with one attached hydrogen (secondary N) is 2. The van der Waals surface area contributed by atoms with Crippen molar-refractivity contribution >= 4 is 40.0 Å². The molecule has 1 aromatic rings. The largest absolute Gasteiger partial charge is 0.357 e. The molecule has 0 radical (unpaired) electrons. The third-order valence-corrected chi connectivity index (χ3v) is 6.83. The molecule has 0 saturated heterocycles. The van der Waals surface area contributed by atoms with Gasteiger partial charge in [0, 0.05) is 32.1 Å². The first-order valence-corrected chi connectivity index (χ1v) is 11.2. The molecular formula is C19H32FIN4O2S. The summed E-state index contributed by atoms with van der Waals surface area (Å²) in [5.41, 5.74) is 0.555. The van der Waals surface area contributed by atoms with Gasteiger partial charge in [0.1, 0.15) is 5.82 Å². The van der Waals surface area contributed by atoms with Gasteiger partial charge in [0.05, 0.1) is 12.3 Å². The molecule has 0 unspecified atom stereocenters. The zero-order chi connectivity index (χ0) is 19.9. The van der Waals surface area contributed by atoms with E-state index in [4.69, 9.17) is 0 Å². The van der Waals surface area contributed by atoms with Crippen LogP contribution in [0, 0.1) is 5.82 Å². The molecular weight excluding hydrogens is 494 g/mol. The van der Waals surface area contributed by atoms with Crippen LogP contribution in [0.15, 0.2) is 29.3 Å². The lowest BCUT2D eigenvalue weighted by molar-refractivity contribution is 0.461. The van der Waals surface area contributed by atoms with E-state index >= 15 is 0 Å². The third kappa shape index (κ3) is 6.84. The van der Waals surface area contributed by atoms with Gasteiger partial charge in [-0.25, -0.2) is 17.1 Å². The molecule has 1 aliphatic carbocycles. The molecule has 0 amide bonds. The quantitative estimate of drug-likeness (QED) is 0.213. The molecule has 2 rings (SSSR count). The van der Waals surface area contributed by atoms with Crippen LogP contribution in [0.2, 0.25) is 0 Å². The van der Waals surface area contributed by atoms with E-state index in [-0.39, 0.29) is 41.0 Å². The second kappa shape index (κ2) is 11.3. The second-order valence-electron chi connectivity index (χ2n) is 6.96. The van der Waals surface area contributed by atoms with Crippen LogP contribution >= 0.6 is 24.0 Å². The highest BCUT2D eigenvalue weighted by molar-refractivity contribution is 14.0. The van der Waals surface area contributed by atoms with E-state index in [0.29, 0.717) is 32.0 Å². The van der Waals surface area contributed by atoms with Gasteiger partial charge in [0.2, 0.25) is 10.0 Å². The molecule has 0 atom stereocenters. The standard InChI is InChI=1S/C19H31FN4O2S.HI/c1-4-21-18(22-13-8-14-24(3)27(25,26)5-2)23-15-19(11-12-19)16-9-6-7-10-17(16)20;/h6-7,9-10H,4-5,8,11-15H2,1-3H3,(H2,21,22,23);1H. The predicted octanol–water partition coefficient (Wildman–Crippen LogP) is 2.70. The molecule has 1 saturated carbocycles. The first kappa shape index (κ1) is 25.1. The normalized spacial score (nSPS) is 15.8. The first-order valence-electron chi connectivity index (χ1n) is 9.56. The van der Waals surface area contributed by atoms with Crippen molar-refractivity contribution in [1.29, 1.82) is 0 Å². The molecule has 0 aromatic heterocycles. The van der Waals surface area contributed by atoms with Crippen molar-refractivity contribution < 1.29 is 12.8 Å². The molecule has 0 spiro atoms. The number of benzene rings is 1. The van der Waals surface area contributed by atoms with E-state index in [0.717, 1.165) is 24.9 Å². The molecule has 1 aromatic carbocycles. The van der Waals surface area contributed by atoms with Crippen LogP contribution in [0.5, 0.6) is 0 Å². The van der Waals surface area contributed by atoms with E-state index in [9.17, 15) is 12.8 Å². The fourth-order valence-corrected chi connectivity index (χ4v) is 3.84. The highest BCUT2D eigenvalue weighted by Gasteiger charge is 2.45. The Bertz CT molecular complexity index is 754. The lowest BCUT2D eigenvalue weighted by Crippen LogP contribution is -2.39. The van der Waals surface area contributed by atoms with E-state index in [1.807, 2.05) is 19.1 Å². The Balaban J connectivity index is 0.00000392. The molecule has 9 heteroatoms. The van der Waals surface area contributed by atoms with Crippen molar-refractivity contribution in [2.75, 3.05) is 39.0 Å². The molecule has 0 aliphatic heterocycles. The number of rotatable bonds is 10. The van der Waals surface area contributed by atoms with Gasteiger partial charge in [-0.15, -0.1) is 24.0 Å². The number of halogens is 2. The van der Waals surface area contributed by atoms with Gasteiger partial charge in [0.15, 0.2) is 5.96 Å². The monoisotopic (exact) mass is 526 g/mol. The maximum Gasteiger partial charge on any atom is 0.213 e. The fraction of sp³-hybridized carbons (Fsp3) is 0.632. The van der Waals surface area contributed by atoms with Crippen molar-refractivity contribution in [3.63, 3.8) is 0 Å². The van der Waals surface area contributed by atoms with Gasteiger partial charge in [-0.1, -0.05) is 18.2 Å². The van der Waals surface area contributed by atoms with Crippen molar-refractivity contribution in [2.24, 2.45) is 4.99 Å². The van der Waals surface area contributed by atoms with Crippen LogP contribution in [0.25, 0.3) is 0 Å². The molecule has 0 heterocycles. The molecule has 28 heavy (non-hydrogen) atoms. The van der Waals surface area contributed by atoms with E-state index in [1.54, 1.807) is 20.0 Å². The molecule has 160 valence electrons. The van der Waals surface area contributed by atoms with Gasteiger partial charge >= 0.3 is 0 Å². The Morgan fingerprint density at radius 2 is 1.93 bits per heavy atom. The topological polar surface area (TPSA) is 73.8 Å². The van der Waals surface area contributed by atoms with Crippen molar-refractivity contribution in [2.45, 2.75) is 38.5 Å².